The van der Waals surface area contributed by atoms with Gasteiger partial charge in [-0.25, -0.2) is 0 Å². The van der Waals surface area contributed by atoms with E-state index >= 15 is 0 Å². The number of rotatable bonds is 18. The molecule has 0 saturated carbocycles. The maximum absolute atomic E-state index is 13.9. The summed E-state index contributed by atoms with van der Waals surface area (Å²) in [6, 6.07) is 9.11. The Hall–Kier alpha value is -3.60. The zero-order chi connectivity index (χ0) is 52.6. The Balaban J connectivity index is 1.75. The number of carbonyl (C=O) groups excluding carboxylic acids is 4. The third-order valence-corrected chi connectivity index (χ3v) is 13.7. The van der Waals surface area contributed by atoms with E-state index in [9.17, 15) is 29.4 Å². The highest BCUT2D eigenvalue weighted by atomic mass is 16.7. The van der Waals surface area contributed by atoms with E-state index in [2.05, 4.69) is 4.90 Å². The van der Waals surface area contributed by atoms with E-state index in [0.29, 0.717) is 32.5 Å². The van der Waals surface area contributed by atoms with Crippen molar-refractivity contribution in [3.63, 3.8) is 0 Å². The number of carbonyl (C=O) groups is 4. The summed E-state index contributed by atoms with van der Waals surface area (Å²) in [7, 11) is 7.99. The van der Waals surface area contributed by atoms with Gasteiger partial charge < -0.3 is 67.2 Å². The van der Waals surface area contributed by atoms with Crippen LogP contribution in [-0.2, 0) is 71.3 Å². The Morgan fingerprint density at radius 3 is 2.18 bits per heavy atom. The Bertz CT molecular complexity index is 1820. The fraction of sp³-hybridized carbons (Fsp3) is 0.769. The number of aliphatic hydroxyl groups excluding tert-OH is 2. The van der Waals surface area contributed by atoms with Gasteiger partial charge in [-0.05, 0) is 72.0 Å². The molecule has 0 radical (unpaired) electrons. The molecule has 19 heteroatoms. The first kappa shape index (κ1) is 60.0. The average molecular weight is 1010 g/mol. The third-order valence-electron chi connectivity index (χ3n) is 13.7. The molecule has 71 heavy (non-hydrogen) atoms. The van der Waals surface area contributed by atoms with Gasteiger partial charge in [0, 0.05) is 73.6 Å². The molecule has 10 unspecified atom stereocenters. The quantitative estimate of drug-likeness (QED) is 0.116. The Labute approximate surface area is 421 Å². The van der Waals surface area contributed by atoms with Gasteiger partial charge in [-0.1, -0.05) is 63.3 Å². The first-order valence-electron chi connectivity index (χ1n) is 25.1. The van der Waals surface area contributed by atoms with Crippen molar-refractivity contribution in [2.24, 2.45) is 11.8 Å². The van der Waals surface area contributed by atoms with Crippen LogP contribution in [0.15, 0.2) is 36.4 Å². The van der Waals surface area contributed by atoms with Crippen molar-refractivity contribution in [3.8, 4) is 0 Å². The molecule has 0 aliphatic carbocycles. The Kier molecular flexibility index (Phi) is 24.3. The number of nitrogens with zero attached hydrogens (tertiary/aromatic N) is 2. The molecule has 0 spiro atoms. The van der Waals surface area contributed by atoms with Crippen LogP contribution in [0, 0.1) is 11.8 Å². The lowest BCUT2D eigenvalue weighted by molar-refractivity contribution is -0.345. The SMILES string of the molecule is CCC(=O)OC1C(C)OC(OC2C(C)OC(O[C@@H]3C(OC)[C@H](OC(=O)CC)CC(=O)O[C@H](C)CCN(CC=Cc4ccccc4)C[C@H](O)[C@H](C)C[C@@H]3CC(OC)OC)C(O)C2N(C)C)CC1(C)OC(C)=O. The number of likely N-dealkylation sites (N-methyl/N-ethyl adjacent to an activating group) is 1. The summed E-state index contributed by atoms with van der Waals surface area (Å²) in [5, 5.41) is 24.5. The predicted molar refractivity (Wildman–Crippen MR) is 260 cm³/mol. The van der Waals surface area contributed by atoms with Crippen molar-refractivity contribution in [1.82, 2.24) is 9.80 Å². The largest absolute Gasteiger partial charge is 0.463 e. The van der Waals surface area contributed by atoms with Crippen molar-refractivity contribution >= 4 is 30.0 Å². The monoisotopic (exact) mass is 1010 g/mol. The van der Waals surface area contributed by atoms with Crippen LogP contribution in [0.1, 0.15) is 106 Å². The van der Waals surface area contributed by atoms with E-state index in [-0.39, 0.29) is 38.0 Å². The molecular formula is C52H84N2O17. The van der Waals surface area contributed by atoms with Gasteiger partial charge in [-0.15, -0.1) is 0 Å². The van der Waals surface area contributed by atoms with E-state index in [1.54, 1.807) is 60.5 Å². The fourth-order valence-corrected chi connectivity index (χ4v) is 9.92. The maximum atomic E-state index is 13.9. The van der Waals surface area contributed by atoms with Crippen LogP contribution in [0.5, 0.6) is 0 Å². The second kappa shape index (κ2) is 28.7. The molecule has 0 aromatic heterocycles. The van der Waals surface area contributed by atoms with Crippen molar-refractivity contribution in [2.75, 3.05) is 55.1 Å². The highest BCUT2D eigenvalue weighted by Crippen LogP contribution is 2.40. The van der Waals surface area contributed by atoms with Crippen LogP contribution >= 0.6 is 0 Å². The number of ether oxygens (including phenoxy) is 11. The molecule has 3 saturated heterocycles. The minimum absolute atomic E-state index is 0.00245. The smallest absolute Gasteiger partial charge is 0.309 e. The van der Waals surface area contributed by atoms with Crippen molar-refractivity contribution in [3.05, 3.63) is 42.0 Å². The molecule has 0 bridgehead atoms. The summed E-state index contributed by atoms with van der Waals surface area (Å²) in [5.74, 6) is -3.26. The minimum atomic E-state index is -1.41. The maximum Gasteiger partial charge on any atom is 0.309 e. The summed E-state index contributed by atoms with van der Waals surface area (Å²) in [6.07, 6.45) is -8.04. The number of hydrogen-bond donors (Lipinski definition) is 2. The number of hydrogen-bond acceptors (Lipinski definition) is 19. The fourth-order valence-electron chi connectivity index (χ4n) is 9.92. The zero-order valence-electron chi connectivity index (χ0n) is 44.3. The standard InChI is InChI=1S/C52H84N2O17/c1-14-40(57)67-39-28-42(59)64-32(4)23-25-54(24-19-22-36-20-17-16-18-21-36)30-38(56)31(3)26-37(27-43(61-11)62-12)48(49(39)63-13)70-51-46(60)45(53(9)10)47(33(5)66-51)69-44-29-52(8,71-35(7)55)50(34(6)65-44)68-41(58)15-2/h16-22,31-34,37-39,43-51,56,60H,14-15,23-30H2,1-13H3/t31-,32-,33?,34?,37-,38+,39-,44?,45?,46?,47?,48+,49?,50?,51?,52?/m1/s1. The van der Waals surface area contributed by atoms with Crippen molar-refractivity contribution in [1.29, 1.82) is 0 Å². The summed E-state index contributed by atoms with van der Waals surface area (Å²) < 4.78 is 67.8. The van der Waals surface area contributed by atoms with E-state index in [4.69, 9.17) is 52.1 Å². The van der Waals surface area contributed by atoms with Crippen molar-refractivity contribution in [2.45, 2.75) is 192 Å². The molecule has 1 aromatic rings. The van der Waals surface area contributed by atoms with Crippen LogP contribution in [0.3, 0.4) is 0 Å². The molecule has 404 valence electrons. The molecule has 16 atom stereocenters. The molecule has 0 amide bonds. The molecule has 4 rings (SSSR count). The normalized spacial score (nSPS) is 35.1. The van der Waals surface area contributed by atoms with Gasteiger partial charge in [0.1, 0.15) is 30.5 Å². The van der Waals surface area contributed by atoms with Crippen LogP contribution in [0.2, 0.25) is 0 Å². The number of β-amino-alcohol motifs (C(OH)–C–C–N with tert-alkyl or cyclic N) is 1. The van der Waals surface area contributed by atoms with Gasteiger partial charge in [0.2, 0.25) is 0 Å². The van der Waals surface area contributed by atoms with Crippen LogP contribution < -0.4 is 0 Å². The topological polar surface area (TPSA) is 217 Å². The van der Waals surface area contributed by atoms with Gasteiger partial charge in [0.15, 0.2) is 30.6 Å². The first-order valence-corrected chi connectivity index (χ1v) is 25.1. The van der Waals surface area contributed by atoms with Crippen LogP contribution in [0.25, 0.3) is 6.08 Å². The van der Waals surface area contributed by atoms with Gasteiger partial charge in [0.25, 0.3) is 0 Å². The Morgan fingerprint density at radius 1 is 0.915 bits per heavy atom. The summed E-state index contributed by atoms with van der Waals surface area (Å²) in [4.78, 5) is 55.9. The molecule has 3 aliphatic heterocycles. The molecule has 3 fully saturated rings. The lowest BCUT2D eigenvalue weighted by atomic mass is 9.82. The number of esters is 4. The highest BCUT2D eigenvalue weighted by Gasteiger charge is 2.54. The highest BCUT2D eigenvalue weighted by molar-refractivity contribution is 5.73. The number of methoxy groups -OCH3 is 3. The predicted octanol–water partition coefficient (Wildman–Crippen LogP) is 4.66. The van der Waals surface area contributed by atoms with Crippen LogP contribution in [0.4, 0.5) is 0 Å². The molecule has 1 aromatic carbocycles. The van der Waals surface area contributed by atoms with E-state index in [0.717, 1.165) is 5.56 Å². The van der Waals surface area contributed by atoms with Gasteiger partial charge >= 0.3 is 23.9 Å². The van der Waals surface area contributed by atoms with E-state index in [1.165, 1.54) is 28.3 Å². The molecule has 3 aliphatic rings. The summed E-state index contributed by atoms with van der Waals surface area (Å²) >= 11 is 0. The zero-order valence-corrected chi connectivity index (χ0v) is 44.3. The minimum Gasteiger partial charge on any atom is -0.463 e. The van der Waals surface area contributed by atoms with Gasteiger partial charge in [-0.2, -0.15) is 0 Å². The lowest BCUT2D eigenvalue weighted by Crippen LogP contribution is -2.66. The second-order valence-corrected chi connectivity index (χ2v) is 19.6. The lowest BCUT2D eigenvalue weighted by Gasteiger charge is -2.51. The number of benzene rings is 1. The Morgan fingerprint density at radius 2 is 1.58 bits per heavy atom. The molecule has 2 N–H and O–H groups in total. The first-order chi connectivity index (χ1) is 33.7. The molecular weight excluding hydrogens is 925 g/mol. The average Bonchev–Trinajstić information content (AvgIpc) is 3.31. The summed E-state index contributed by atoms with van der Waals surface area (Å²) in [5.41, 5.74) is -0.283. The van der Waals surface area contributed by atoms with Crippen LogP contribution in [-0.4, -0.2) is 191 Å². The van der Waals surface area contributed by atoms with E-state index in [1.807, 2.05) is 49.4 Å². The van der Waals surface area contributed by atoms with Gasteiger partial charge in [-0.3, -0.25) is 24.1 Å². The van der Waals surface area contributed by atoms with Gasteiger partial charge in [0.05, 0.1) is 36.9 Å². The number of aliphatic hydroxyl groups is 2. The van der Waals surface area contributed by atoms with E-state index < -0.39 is 121 Å². The molecule has 19 nitrogen and oxygen atoms in total. The number of cyclic esters (lactones) is 1. The third kappa shape index (κ3) is 17.5. The second-order valence-electron chi connectivity index (χ2n) is 19.6. The van der Waals surface area contributed by atoms with Crippen molar-refractivity contribution < 1.29 is 81.5 Å². The summed E-state index contributed by atoms with van der Waals surface area (Å²) in [6.45, 7) is 14.8. The molecule has 3 heterocycles.